The van der Waals surface area contributed by atoms with Gasteiger partial charge in [0.15, 0.2) is 0 Å². The van der Waals surface area contributed by atoms with Gasteiger partial charge in [-0.1, -0.05) is 24.3 Å². The molecule has 1 atom stereocenters. The molecule has 0 saturated carbocycles. The normalized spacial score (nSPS) is 12.3. The van der Waals surface area contributed by atoms with Crippen molar-refractivity contribution in [1.29, 1.82) is 0 Å². The number of benzene rings is 1. The highest BCUT2D eigenvalue weighted by Crippen LogP contribution is 2.22. The summed E-state index contributed by atoms with van der Waals surface area (Å²) in [7, 11) is 0. The average Bonchev–Trinajstić information content (AvgIpc) is 2.85. The van der Waals surface area contributed by atoms with Crippen molar-refractivity contribution >= 4 is 17.2 Å². The topological polar surface area (TPSA) is 55.1 Å². The number of rotatable bonds is 5. The third-order valence-corrected chi connectivity index (χ3v) is 4.05. The Morgan fingerprint density at radius 2 is 1.95 bits per heavy atom. The van der Waals surface area contributed by atoms with Crippen LogP contribution in [0.15, 0.2) is 35.7 Å². The zero-order valence-electron chi connectivity index (χ0n) is 11.1. The number of thiophene rings is 1. The Labute approximate surface area is 117 Å². The number of hydrogen-bond donors (Lipinski definition) is 2. The largest absolute Gasteiger partial charge is 0.368 e. The van der Waals surface area contributed by atoms with E-state index in [1.807, 2.05) is 49.6 Å². The van der Waals surface area contributed by atoms with Crippen molar-refractivity contribution < 1.29 is 4.79 Å². The predicted octanol–water partition coefficient (Wildman–Crippen LogP) is 2.68. The molecule has 1 amide bonds. The Bertz CT molecular complexity index is 543. The fraction of sp³-hybridized carbons (Fsp3) is 0.267. The summed E-state index contributed by atoms with van der Waals surface area (Å²) in [5, 5.41) is 5.28. The van der Waals surface area contributed by atoms with Crippen LogP contribution in [-0.2, 0) is 11.3 Å². The zero-order valence-corrected chi connectivity index (χ0v) is 12.0. The van der Waals surface area contributed by atoms with Gasteiger partial charge in [-0.25, -0.2) is 0 Å². The summed E-state index contributed by atoms with van der Waals surface area (Å²) in [5.41, 5.74) is 8.71. The molecule has 1 aromatic carbocycles. The molecule has 0 saturated heterocycles. The van der Waals surface area contributed by atoms with E-state index in [9.17, 15) is 4.79 Å². The van der Waals surface area contributed by atoms with Gasteiger partial charge in [0.2, 0.25) is 5.91 Å². The molecule has 0 aliphatic heterocycles. The Morgan fingerprint density at radius 3 is 2.47 bits per heavy atom. The fourth-order valence-corrected chi connectivity index (χ4v) is 2.90. The molecule has 3 nitrogen and oxygen atoms in total. The molecule has 0 radical (unpaired) electrons. The van der Waals surface area contributed by atoms with Crippen LogP contribution in [0.4, 0.5) is 0 Å². The lowest BCUT2D eigenvalue weighted by molar-refractivity contribution is -0.120. The molecule has 2 aromatic rings. The lowest BCUT2D eigenvalue weighted by Crippen LogP contribution is -2.34. The Kier molecular flexibility index (Phi) is 4.35. The Morgan fingerprint density at radius 1 is 1.26 bits per heavy atom. The summed E-state index contributed by atoms with van der Waals surface area (Å²) in [6.07, 6.45) is 0. The Hall–Kier alpha value is -1.65. The Balaban J connectivity index is 2.23. The van der Waals surface area contributed by atoms with Crippen LogP contribution in [0.5, 0.6) is 0 Å². The van der Waals surface area contributed by atoms with Crippen LogP contribution in [-0.4, -0.2) is 5.91 Å². The van der Waals surface area contributed by atoms with Gasteiger partial charge in [0.05, 0.1) is 0 Å². The zero-order chi connectivity index (χ0) is 13.8. The van der Waals surface area contributed by atoms with Crippen molar-refractivity contribution in [3.63, 3.8) is 0 Å². The maximum atomic E-state index is 11.7. The first-order valence-corrected chi connectivity index (χ1v) is 7.08. The molecule has 0 spiro atoms. The minimum atomic E-state index is -0.441. The molecule has 3 N–H and O–H groups in total. The summed E-state index contributed by atoms with van der Waals surface area (Å²) in [6.45, 7) is 4.66. The molecule has 4 heteroatoms. The molecule has 1 unspecified atom stereocenters. The quantitative estimate of drug-likeness (QED) is 0.880. The van der Waals surface area contributed by atoms with Gasteiger partial charge in [0, 0.05) is 11.4 Å². The minimum absolute atomic E-state index is 0.339. The number of carbonyl (C=O) groups excluding carboxylic acids is 1. The summed E-state index contributed by atoms with van der Waals surface area (Å²) < 4.78 is 0. The highest BCUT2D eigenvalue weighted by atomic mass is 32.1. The second-order valence-corrected chi connectivity index (χ2v) is 5.63. The third kappa shape index (κ3) is 3.22. The van der Waals surface area contributed by atoms with E-state index in [1.54, 1.807) is 11.3 Å². The van der Waals surface area contributed by atoms with E-state index in [-0.39, 0.29) is 5.91 Å². The van der Waals surface area contributed by atoms with Crippen LogP contribution in [0.25, 0.3) is 0 Å². The average molecular weight is 274 g/mol. The number of nitrogens with two attached hydrogens (primary N) is 1. The van der Waals surface area contributed by atoms with Crippen LogP contribution in [0.1, 0.15) is 27.6 Å². The second-order valence-electron chi connectivity index (χ2n) is 4.60. The van der Waals surface area contributed by atoms with Gasteiger partial charge < -0.3 is 5.73 Å². The van der Waals surface area contributed by atoms with Crippen molar-refractivity contribution in [1.82, 2.24) is 5.32 Å². The van der Waals surface area contributed by atoms with E-state index in [0.717, 1.165) is 16.7 Å². The van der Waals surface area contributed by atoms with Gasteiger partial charge in [-0.3, -0.25) is 10.1 Å². The van der Waals surface area contributed by atoms with Crippen molar-refractivity contribution in [2.45, 2.75) is 26.4 Å². The van der Waals surface area contributed by atoms with Gasteiger partial charge in [-0.05, 0) is 42.0 Å². The van der Waals surface area contributed by atoms with Crippen molar-refractivity contribution in [2.24, 2.45) is 5.73 Å². The molecule has 0 aliphatic carbocycles. The van der Waals surface area contributed by atoms with Crippen molar-refractivity contribution in [3.05, 3.63) is 57.3 Å². The fourth-order valence-electron chi connectivity index (χ4n) is 2.24. The smallest absolute Gasteiger partial charge is 0.239 e. The maximum Gasteiger partial charge on any atom is 0.239 e. The number of carbonyl (C=O) groups is 1. The molecule has 1 heterocycles. The van der Waals surface area contributed by atoms with Crippen molar-refractivity contribution in [3.8, 4) is 0 Å². The highest BCUT2D eigenvalue weighted by molar-refractivity contribution is 7.09. The monoisotopic (exact) mass is 274 g/mol. The van der Waals surface area contributed by atoms with Crippen LogP contribution < -0.4 is 11.1 Å². The van der Waals surface area contributed by atoms with Crippen LogP contribution in [0.3, 0.4) is 0 Å². The molecule has 0 fully saturated rings. The highest BCUT2D eigenvalue weighted by Gasteiger charge is 2.20. The molecule has 0 bridgehead atoms. The van der Waals surface area contributed by atoms with Crippen LogP contribution >= 0.6 is 11.3 Å². The predicted molar refractivity (Wildman–Crippen MR) is 79.0 cm³/mol. The van der Waals surface area contributed by atoms with Gasteiger partial charge >= 0.3 is 0 Å². The molecule has 19 heavy (non-hydrogen) atoms. The van der Waals surface area contributed by atoms with Crippen LogP contribution in [0.2, 0.25) is 0 Å². The van der Waals surface area contributed by atoms with Gasteiger partial charge in [-0.2, -0.15) is 0 Å². The summed E-state index contributed by atoms with van der Waals surface area (Å²) in [6, 6.07) is 9.60. The van der Waals surface area contributed by atoms with E-state index in [4.69, 9.17) is 5.73 Å². The van der Waals surface area contributed by atoms with E-state index < -0.39 is 6.04 Å². The van der Waals surface area contributed by atoms with Crippen molar-refractivity contribution in [2.75, 3.05) is 0 Å². The standard InChI is InChI=1S/C15H18N2OS/c1-10-5-3-6-11(2)13(10)14(15(16)18)17-9-12-7-4-8-19-12/h3-8,14,17H,9H2,1-2H3,(H2,16,18). The minimum Gasteiger partial charge on any atom is -0.368 e. The molecular formula is C15H18N2OS. The first-order valence-electron chi connectivity index (χ1n) is 6.21. The first kappa shape index (κ1) is 13.8. The van der Waals surface area contributed by atoms with Gasteiger partial charge in [0.1, 0.15) is 6.04 Å². The number of hydrogen-bond acceptors (Lipinski definition) is 3. The molecule has 2 rings (SSSR count). The van der Waals surface area contributed by atoms with Gasteiger partial charge in [-0.15, -0.1) is 11.3 Å². The SMILES string of the molecule is Cc1cccc(C)c1C(NCc1cccs1)C(N)=O. The molecule has 0 aliphatic rings. The summed E-state index contributed by atoms with van der Waals surface area (Å²) in [5.74, 6) is -0.339. The molecular weight excluding hydrogens is 256 g/mol. The number of primary amides is 1. The van der Waals surface area contributed by atoms with E-state index in [0.29, 0.717) is 6.54 Å². The first-order chi connectivity index (χ1) is 9.09. The van der Waals surface area contributed by atoms with Gasteiger partial charge in [0.25, 0.3) is 0 Å². The number of aryl methyl sites for hydroxylation is 2. The van der Waals surface area contributed by atoms with Crippen LogP contribution in [0, 0.1) is 13.8 Å². The lowest BCUT2D eigenvalue weighted by atomic mass is 9.95. The van der Waals surface area contributed by atoms with E-state index in [1.165, 1.54) is 4.88 Å². The van der Waals surface area contributed by atoms with E-state index >= 15 is 0 Å². The summed E-state index contributed by atoms with van der Waals surface area (Å²) >= 11 is 1.67. The second kappa shape index (κ2) is 5.99. The number of amides is 1. The maximum absolute atomic E-state index is 11.7. The van der Waals surface area contributed by atoms with E-state index in [2.05, 4.69) is 5.32 Å². The summed E-state index contributed by atoms with van der Waals surface area (Å²) in [4.78, 5) is 12.9. The number of nitrogens with one attached hydrogen (secondary N) is 1. The molecule has 1 aromatic heterocycles. The molecule has 100 valence electrons. The third-order valence-electron chi connectivity index (χ3n) is 3.18. The lowest BCUT2D eigenvalue weighted by Gasteiger charge is -2.19.